The van der Waals surface area contributed by atoms with Crippen LogP contribution in [0.2, 0.25) is 0 Å². The third-order valence-electron chi connectivity index (χ3n) is 3.61. The quantitative estimate of drug-likeness (QED) is 0.848. The Labute approximate surface area is 132 Å². The maximum absolute atomic E-state index is 12.4. The van der Waals surface area contributed by atoms with Gasteiger partial charge in [-0.15, -0.1) is 11.3 Å². The van der Waals surface area contributed by atoms with Gasteiger partial charge in [-0.05, 0) is 25.5 Å². The highest BCUT2D eigenvalue weighted by Crippen LogP contribution is 2.27. The number of carbonyl (C=O) groups is 1. The number of nitrogens with one attached hydrogen (secondary N) is 1. The second-order valence-corrected chi connectivity index (χ2v) is 6.29. The van der Waals surface area contributed by atoms with Gasteiger partial charge in [-0.25, -0.2) is 4.98 Å². The van der Waals surface area contributed by atoms with Crippen LogP contribution in [0.25, 0.3) is 10.7 Å². The van der Waals surface area contributed by atoms with Crippen molar-refractivity contribution >= 4 is 17.2 Å². The van der Waals surface area contributed by atoms with Crippen LogP contribution in [0, 0.1) is 12.8 Å². The fourth-order valence-electron chi connectivity index (χ4n) is 2.46. The van der Waals surface area contributed by atoms with E-state index in [2.05, 4.69) is 15.3 Å². The molecule has 1 aliphatic carbocycles. The Bertz CT molecular complexity index is 697. The zero-order valence-corrected chi connectivity index (χ0v) is 13.0. The molecule has 0 saturated carbocycles. The molecular weight excluding hydrogens is 298 g/mol. The first-order valence-electron chi connectivity index (χ1n) is 7.16. The molecule has 6 heteroatoms. The van der Waals surface area contributed by atoms with E-state index in [1.807, 2.05) is 37.3 Å². The normalized spacial score (nSPS) is 20.3. The molecule has 2 aromatic heterocycles. The number of aryl methyl sites for hydroxylation is 1. The molecule has 1 aliphatic rings. The highest BCUT2D eigenvalue weighted by atomic mass is 32.1. The van der Waals surface area contributed by atoms with Crippen molar-refractivity contribution < 1.29 is 9.90 Å². The predicted molar refractivity (Wildman–Crippen MR) is 85.7 cm³/mol. The van der Waals surface area contributed by atoms with E-state index in [9.17, 15) is 4.79 Å². The van der Waals surface area contributed by atoms with Gasteiger partial charge in [0.2, 0.25) is 0 Å². The molecule has 2 heterocycles. The van der Waals surface area contributed by atoms with Gasteiger partial charge in [-0.1, -0.05) is 18.2 Å². The summed E-state index contributed by atoms with van der Waals surface area (Å²) in [5.41, 5.74) is 1.49. The minimum Gasteiger partial charge on any atom is -0.396 e. The van der Waals surface area contributed by atoms with Gasteiger partial charge < -0.3 is 10.4 Å². The van der Waals surface area contributed by atoms with Crippen molar-refractivity contribution in [1.82, 2.24) is 15.3 Å². The average molecular weight is 315 g/mol. The molecule has 2 aromatic rings. The van der Waals surface area contributed by atoms with E-state index in [0.29, 0.717) is 10.6 Å². The van der Waals surface area contributed by atoms with Crippen LogP contribution in [-0.2, 0) is 0 Å². The molecule has 22 heavy (non-hydrogen) atoms. The van der Waals surface area contributed by atoms with Crippen LogP contribution in [0.1, 0.15) is 21.8 Å². The largest absolute Gasteiger partial charge is 0.396 e. The first-order valence-corrected chi connectivity index (χ1v) is 7.98. The minimum absolute atomic E-state index is 0.0237. The van der Waals surface area contributed by atoms with E-state index >= 15 is 0 Å². The number of nitrogens with zero attached hydrogens (tertiary/aromatic N) is 2. The molecule has 5 nitrogen and oxygen atoms in total. The van der Waals surface area contributed by atoms with Crippen molar-refractivity contribution in [1.29, 1.82) is 0 Å². The lowest BCUT2D eigenvalue weighted by Crippen LogP contribution is -2.32. The average Bonchev–Trinajstić information content (AvgIpc) is 3.14. The van der Waals surface area contributed by atoms with Crippen molar-refractivity contribution in [3.8, 4) is 10.7 Å². The molecule has 0 radical (unpaired) electrons. The molecule has 0 spiro atoms. The molecular formula is C16H17N3O2S. The maximum Gasteiger partial charge on any atom is 0.263 e. The van der Waals surface area contributed by atoms with Crippen LogP contribution < -0.4 is 5.32 Å². The summed E-state index contributed by atoms with van der Waals surface area (Å²) in [6.45, 7) is 1.95. The Morgan fingerprint density at radius 3 is 3.00 bits per heavy atom. The molecule has 2 N–H and O–H groups in total. The van der Waals surface area contributed by atoms with Gasteiger partial charge in [0.1, 0.15) is 9.88 Å². The highest BCUT2D eigenvalue weighted by molar-refractivity contribution is 7.17. The Morgan fingerprint density at radius 2 is 2.32 bits per heavy atom. The van der Waals surface area contributed by atoms with Gasteiger partial charge in [-0.3, -0.25) is 9.78 Å². The van der Waals surface area contributed by atoms with Crippen LogP contribution in [0.4, 0.5) is 0 Å². The van der Waals surface area contributed by atoms with Crippen LogP contribution in [0.5, 0.6) is 0 Å². The Hall–Kier alpha value is -2.05. The monoisotopic (exact) mass is 315 g/mol. The molecule has 0 bridgehead atoms. The molecule has 0 fully saturated rings. The number of aromatic nitrogens is 2. The second kappa shape index (κ2) is 6.37. The number of rotatable bonds is 4. The summed E-state index contributed by atoms with van der Waals surface area (Å²) < 4.78 is 0. The SMILES string of the molecule is Cc1nc(-c2ccccn2)sc1C(=O)N[C@@H]1C=C[C@H](CO)C1. The van der Waals surface area contributed by atoms with Gasteiger partial charge in [0, 0.05) is 24.8 Å². The van der Waals surface area contributed by atoms with Crippen molar-refractivity contribution in [3.63, 3.8) is 0 Å². The first kappa shape index (κ1) is 14.9. The Balaban J connectivity index is 1.74. The Kier molecular flexibility index (Phi) is 4.31. The van der Waals surface area contributed by atoms with Crippen molar-refractivity contribution in [2.75, 3.05) is 6.61 Å². The number of aliphatic hydroxyl groups excluding tert-OH is 1. The van der Waals surface area contributed by atoms with Crippen LogP contribution in [0.15, 0.2) is 36.5 Å². The van der Waals surface area contributed by atoms with E-state index < -0.39 is 0 Å². The van der Waals surface area contributed by atoms with E-state index in [4.69, 9.17) is 5.11 Å². The molecule has 0 unspecified atom stereocenters. The lowest BCUT2D eigenvalue weighted by atomic mass is 10.1. The summed E-state index contributed by atoms with van der Waals surface area (Å²) in [6.07, 6.45) is 6.34. The zero-order chi connectivity index (χ0) is 15.5. The predicted octanol–water partition coefficient (Wildman–Crippen LogP) is 2.18. The number of aliphatic hydroxyl groups is 1. The summed E-state index contributed by atoms with van der Waals surface area (Å²) in [4.78, 5) is 21.7. The lowest BCUT2D eigenvalue weighted by molar-refractivity contribution is 0.0944. The van der Waals surface area contributed by atoms with E-state index in [1.54, 1.807) is 6.20 Å². The van der Waals surface area contributed by atoms with Gasteiger partial charge in [-0.2, -0.15) is 0 Å². The molecule has 3 rings (SSSR count). The third kappa shape index (κ3) is 3.08. The topological polar surface area (TPSA) is 75.1 Å². The maximum atomic E-state index is 12.4. The van der Waals surface area contributed by atoms with Crippen molar-refractivity contribution in [2.45, 2.75) is 19.4 Å². The smallest absolute Gasteiger partial charge is 0.263 e. The molecule has 2 atom stereocenters. The minimum atomic E-state index is -0.120. The van der Waals surface area contributed by atoms with Gasteiger partial charge in [0.15, 0.2) is 0 Å². The molecule has 114 valence electrons. The summed E-state index contributed by atoms with van der Waals surface area (Å²) in [7, 11) is 0. The van der Waals surface area contributed by atoms with E-state index in [0.717, 1.165) is 17.1 Å². The van der Waals surface area contributed by atoms with Crippen LogP contribution in [0.3, 0.4) is 0 Å². The number of hydrogen-bond donors (Lipinski definition) is 2. The molecule has 0 aliphatic heterocycles. The second-order valence-electron chi connectivity index (χ2n) is 5.29. The van der Waals surface area contributed by atoms with E-state index in [-0.39, 0.29) is 24.5 Å². The van der Waals surface area contributed by atoms with Crippen molar-refractivity contribution in [2.24, 2.45) is 5.92 Å². The van der Waals surface area contributed by atoms with Gasteiger partial charge in [0.05, 0.1) is 11.4 Å². The summed E-state index contributed by atoms with van der Waals surface area (Å²) >= 11 is 1.35. The number of hydrogen-bond acceptors (Lipinski definition) is 5. The molecule has 0 aromatic carbocycles. The Morgan fingerprint density at radius 1 is 1.45 bits per heavy atom. The lowest BCUT2D eigenvalue weighted by Gasteiger charge is -2.11. The van der Waals surface area contributed by atoms with Crippen LogP contribution in [-0.4, -0.2) is 33.6 Å². The van der Waals surface area contributed by atoms with E-state index in [1.165, 1.54) is 11.3 Å². The van der Waals surface area contributed by atoms with Crippen molar-refractivity contribution in [3.05, 3.63) is 47.1 Å². The highest BCUT2D eigenvalue weighted by Gasteiger charge is 2.23. The third-order valence-corrected chi connectivity index (χ3v) is 4.79. The molecule has 0 saturated heterocycles. The fourth-order valence-corrected chi connectivity index (χ4v) is 3.40. The zero-order valence-electron chi connectivity index (χ0n) is 12.2. The standard InChI is InChI=1S/C16H17N3O2S/c1-10-14(15(21)19-12-6-5-11(8-12)9-20)22-16(18-10)13-4-2-3-7-17-13/h2-7,11-12,20H,8-9H2,1H3,(H,19,21)/t11-,12+/m0/s1. The number of pyridine rings is 1. The molecule has 1 amide bonds. The van der Waals surface area contributed by atoms with Gasteiger partial charge in [0.25, 0.3) is 5.91 Å². The number of carbonyl (C=O) groups excluding carboxylic acids is 1. The number of thiazole rings is 1. The van der Waals surface area contributed by atoms with Crippen LogP contribution >= 0.6 is 11.3 Å². The summed E-state index contributed by atoms with van der Waals surface area (Å²) in [6, 6.07) is 5.61. The van der Waals surface area contributed by atoms with Gasteiger partial charge >= 0.3 is 0 Å². The summed E-state index contributed by atoms with van der Waals surface area (Å²) in [5, 5.41) is 12.9. The number of amides is 1. The fraction of sp³-hybridized carbons (Fsp3) is 0.312. The summed E-state index contributed by atoms with van der Waals surface area (Å²) in [5.74, 6) is 0.0161. The first-order chi connectivity index (χ1) is 10.7.